The molecule has 0 atom stereocenters. The lowest BCUT2D eigenvalue weighted by atomic mass is 10.1. The molecule has 9 heteroatoms. The Morgan fingerprint density at radius 1 is 0.938 bits per heavy atom. The number of carbonyl (C=O) groups excluding carboxylic acids is 1. The Kier molecular flexibility index (Phi) is 5.02. The van der Waals surface area contributed by atoms with Crippen molar-refractivity contribution in [3.63, 3.8) is 0 Å². The molecule has 0 aliphatic carbocycles. The molecular weight excluding hydrogens is 432 g/mol. The van der Waals surface area contributed by atoms with Gasteiger partial charge < -0.3 is 19.5 Å². The number of amidine groups is 1. The second-order valence-electron chi connectivity index (χ2n) is 7.16. The van der Waals surface area contributed by atoms with Crippen LogP contribution >= 0.6 is 0 Å². The van der Waals surface area contributed by atoms with Crippen LogP contribution in [0.5, 0.6) is 17.2 Å². The third-order valence-electron chi connectivity index (χ3n) is 4.94. The van der Waals surface area contributed by atoms with E-state index in [9.17, 15) is 13.2 Å². The summed E-state index contributed by atoms with van der Waals surface area (Å²) in [5, 5.41) is 3.00. The van der Waals surface area contributed by atoms with Crippen molar-refractivity contribution in [2.24, 2.45) is 4.40 Å². The largest absolute Gasteiger partial charge is 0.490 e. The molecule has 8 nitrogen and oxygen atoms in total. The second-order valence-corrected chi connectivity index (χ2v) is 8.73. The number of fused-ring (bicyclic) bond motifs is 2. The molecule has 0 fully saturated rings. The van der Waals surface area contributed by atoms with Crippen molar-refractivity contribution in [3.8, 4) is 17.2 Å². The highest BCUT2D eigenvalue weighted by atomic mass is 32.2. The highest BCUT2D eigenvalue weighted by Gasteiger charge is 2.28. The van der Waals surface area contributed by atoms with Gasteiger partial charge in [-0.25, -0.2) is 4.79 Å². The van der Waals surface area contributed by atoms with Crippen molar-refractivity contribution in [1.29, 1.82) is 0 Å². The Morgan fingerprint density at radius 3 is 2.50 bits per heavy atom. The summed E-state index contributed by atoms with van der Waals surface area (Å²) in [7, 11) is -3.71. The predicted molar refractivity (Wildman–Crippen MR) is 117 cm³/mol. The molecule has 2 aliphatic heterocycles. The van der Waals surface area contributed by atoms with E-state index >= 15 is 0 Å². The van der Waals surface area contributed by atoms with Crippen LogP contribution in [0, 0.1) is 0 Å². The smallest absolute Gasteiger partial charge is 0.343 e. The van der Waals surface area contributed by atoms with Crippen molar-refractivity contribution < 1.29 is 27.4 Å². The van der Waals surface area contributed by atoms with E-state index in [0.29, 0.717) is 47.3 Å². The molecule has 3 aromatic rings. The predicted octanol–water partition coefficient (Wildman–Crippen LogP) is 3.63. The molecule has 5 rings (SSSR count). The maximum Gasteiger partial charge on any atom is 0.343 e. The van der Waals surface area contributed by atoms with Crippen molar-refractivity contribution in [2.45, 2.75) is 11.3 Å². The number of carbonyl (C=O) groups is 1. The second kappa shape index (κ2) is 8.01. The van der Waals surface area contributed by atoms with Gasteiger partial charge in [0.2, 0.25) is 0 Å². The third kappa shape index (κ3) is 3.90. The SMILES string of the molecule is O=C(Oc1ccc2c(c1)OCCCO2)c1ccc(NC2=NS(=O)(=O)c3ccccc32)cc1. The van der Waals surface area contributed by atoms with Gasteiger partial charge in [0, 0.05) is 23.7 Å². The van der Waals surface area contributed by atoms with E-state index in [1.165, 1.54) is 6.07 Å². The summed E-state index contributed by atoms with van der Waals surface area (Å²) in [6, 6.07) is 18.1. The number of anilines is 1. The van der Waals surface area contributed by atoms with Gasteiger partial charge >= 0.3 is 5.97 Å². The van der Waals surface area contributed by atoms with Crippen LogP contribution in [0.1, 0.15) is 22.3 Å². The summed E-state index contributed by atoms with van der Waals surface area (Å²) >= 11 is 0. The number of rotatable bonds is 3. The van der Waals surface area contributed by atoms with Gasteiger partial charge in [-0.2, -0.15) is 8.42 Å². The number of hydrogen-bond acceptors (Lipinski definition) is 7. The van der Waals surface area contributed by atoms with Gasteiger partial charge in [0.25, 0.3) is 10.0 Å². The minimum atomic E-state index is -3.71. The summed E-state index contributed by atoms with van der Waals surface area (Å²) in [5.41, 5.74) is 1.43. The summed E-state index contributed by atoms with van der Waals surface area (Å²) < 4.78 is 44.8. The fourth-order valence-electron chi connectivity index (χ4n) is 3.40. The number of nitrogens with zero attached hydrogens (tertiary/aromatic N) is 1. The molecule has 3 aromatic carbocycles. The van der Waals surface area contributed by atoms with Crippen LogP contribution in [0.4, 0.5) is 5.69 Å². The number of ether oxygens (including phenoxy) is 3. The van der Waals surface area contributed by atoms with E-state index in [4.69, 9.17) is 14.2 Å². The van der Waals surface area contributed by atoms with Crippen molar-refractivity contribution >= 4 is 27.5 Å². The molecule has 0 radical (unpaired) electrons. The highest BCUT2D eigenvalue weighted by Crippen LogP contribution is 2.33. The molecule has 0 saturated carbocycles. The molecule has 1 N–H and O–H groups in total. The van der Waals surface area contributed by atoms with E-state index in [1.54, 1.807) is 60.7 Å². The van der Waals surface area contributed by atoms with Crippen LogP contribution in [0.3, 0.4) is 0 Å². The number of sulfonamides is 1. The van der Waals surface area contributed by atoms with Crippen molar-refractivity contribution in [1.82, 2.24) is 0 Å². The summed E-state index contributed by atoms with van der Waals surface area (Å²) in [4.78, 5) is 12.7. The summed E-state index contributed by atoms with van der Waals surface area (Å²) in [5.74, 6) is 1.22. The lowest BCUT2D eigenvalue weighted by Crippen LogP contribution is -2.12. The molecule has 0 amide bonds. The zero-order chi connectivity index (χ0) is 22.1. The van der Waals surface area contributed by atoms with E-state index in [0.717, 1.165) is 6.42 Å². The first-order chi connectivity index (χ1) is 15.5. The Bertz CT molecular complexity index is 1330. The molecule has 0 spiro atoms. The molecule has 0 unspecified atom stereocenters. The number of esters is 1. The van der Waals surface area contributed by atoms with Crippen molar-refractivity contribution in [3.05, 3.63) is 77.9 Å². The van der Waals surface area contributed by atoms with Gasteiger partial charge in [0.15, 0.2) is 17.3 Å². The third-order valence-corrected chi connectivity index (χ3v) is 6.28. The molecule has 0 saturated heterocycles. The topological polar surface area (TPSA) is 103 Å². The van der Waals surface area contributed by atoms with Crippen LogP contribution < -0.4 is 19.5 Å². The Morgan fingerprint density at radius 2 is 1.69 bits per heavy atom. The average molecular weight is 450 g/mol. The standard InChI is InChI=1S/C23H18N2O6S/c26-23(31-17-10-11-19-20(14-17)30-13-3-12-29-19)15-6-8-16(9-7-15)24-22-18-4-1-2-5-21(18)32(27,28)25-22/h1-2,4-11,14H,3,12-13H2,(H,24,25). The lowest BCUT2D eigenvalue weighted by Gasteiger charge is -2.10. The number of benzene rings is 3. The lowest BCUT2D eigenvalue weighted by molar-refractivity contribution is 0.0734. The Balaban J connectivity index is 1.29. The van der Waals surface area contributed by atoms with E-state index in [-0.39, 0.29) is 10.7 Å². The van der Waals surface area contributed by atoms with E-state index in [2.05, 4.69) is 9.71 Å². The van der Waals surface area contributed by atoms with Crippen LogP contribution in [0.2, 0.25) is 0 Å². The van der Waals surface area contributed by atoms with Gasteiger partial charge in [-0.05, 0) is 48.5 Å². The van der Waals surface area contributed by atoms with E-state index in [1.807, 2.05) is 0 Å². The monoisotopic (exact) mass is 450 g/mol. The minimum absolute atomic E-state index is 0.165. The zero-order valence-corrected chi connectivity index (χ0v) is 17.6. The zero-order valence-electron chi connectivity index (χ0n) is 16.8. The van der Waals surface area contributed by atoms with Crippen LogP contribution in [0.25, 0.3) is 0 Å². The molecule has 162 valence electrons. The molecule has 2 aliphatic rings. The van der Waals surface area contributed by atoms with E-state index < -0.39 is 16.0 Å². The Labute approximate surface area is 184 Å². The van der Waals surface area contributed by atoms with Crippen LogP contribution in [-0.2, 0) is 10.0 Å². The maximum atomic E-state index is 12.5. The quantitative estimate of drug-likeness (QED) is 0.480. The van der Waals surface area contributed by atoms with Crippen LogP contribution in [-0.4, -0.2) is 33.4 Å². The van der Waals surface area contributed by atoms with Crippen LogP contribution in [0.15, 0.2) is 76.0 Å². The number of hydrogen-bond donors (Lipinski definition) is 1. The molecule has 2 heterocycles. The van der Waals surface area contributed by atoms with Gasteiger partial charge in [-0.1, -0.05) is 12.1 Å². The maximum absolute atomic E-state index is 12.5. The summed E-state index contributed by atoms with van der Waals surface area (Å²) in [6.07, 6.45) is 0.786. The van der Waals surface area contributed by atoms with Gasteiger partial charge in [-0.15, -0.1) is 4.40 Å². The highest BCUT2D eigenvalue weighted by molar-refractivity contribution is 7.90. The van der Waals surface area contributed by atoms with Gasteiger partial charge in [0.05, 0.1) is 18.8 Å². The molecular formula is C23H18N2O6S. The summed E-state index contributed by atoms with van der Waals surface area (Å²) in [6.45, 7) is 1.12. The normalized spacial score (nSPS) is 15.8. The molecule has 0 aromatic heterocycles. The first kappa shape index (κ1) is 20.1. The Hall–Kier alpha value is -3.85. The first-order valence-electron chi connectivity index (χ1n) is 9.93. The average Bonchev–Trinajstić information content (AvgIpc) is 2.93. The molecule has 32 heavy (non-hydrogen) atoms. The van der Waals surface area contributed by atoms with Gasteiger partial charge in [-0.3, -0.25) is 0 Å². The van der Waals surface area contributed by atoms with Crippen molar-refractivity contribution in [2.75, 3.05) is 18.5 Å². The fraction of sp³-hybridized carbons (Fsp3) is 0.130. The fourth-order valence-corrected chi connectivity index (χ4v) is 4.57. The van der Waals surface area contributed by atoms with Gasteiger partial charge in [0.1, 0.15) is 10.6 Å². The minimum Gasteiger partial charge on any atom is -0.490 e. The first-order valence-corrected chi connectivity index (χ1v) is 11.4. The molecule has 0 bridgehead atoms. The number of nitrogens with one attached hydrogen (secondary N) is 1.